The summed E-state index contributed by atoms with van der Waals surface area (Å²) in [6.45, 7) is 0. The van der Waals surface area contributed by atoms with Crippen molar-refractivity contribution in [1.82, 2.24) is 10.3 Å². The van der Waals surface area contributed by atoms with Crippen LogP contribution in [0.15, 0.2) is 82.8 Å². The first-order valence-corrected chi connectivity index (χ1v) is 12.4. The van der Waals surface area contributed by atoms with Gasteiger partial charge in [0.05, 0.1) is 23.0 Å². The van der Waals surface area contributed by atoms with Crippen LogP contribution in [0.2, 0.25) is 0 Å². The molecular weight excluding hydrogens is 470 g/mol. The molecule has 1 amide bonds. The van der Waals surface area contributed by atoms with Gasteiger partial charge in [-0.25, -0.2) is 4.98 Å². The number of nitrogens with zero attached hydrogens (tertiary/aromatic N) is 2. The van der Waals surface area contributed by atoms with E-state index in [2.05, 4.69) is 11.4 Å². The van der Waals surface area contributed by atoms with Crippen LogP contribution in [-0.4, -0.2) is 23.1 Å². The number of thioether (sulfide) groups is 1. The molecule has 164 valence electrons. The number of para-hydroxylation sites is 2. The second-order valence-electron chi connectivity index (χ2n) is 7.27. The van der Waals surface area contributed by atoms with Gasteiger partial charge in [-0.05, 0) is 60.3 Å². The quantitative estimate of drug-likeness (QED) is 0.208. The van der Waals surface area contributed by atoms with Gasteiger partial charge in [-0.1, -0.05) is 48.2 Å². The maximum absolute atomic E-state index is 13.0. The van der Waals surface area contributed by atoms with Crippen molar-refractivity contribution >= 4 is 68.3 Å². The highest BCUT2D eigenvalue weighted by molar-refractivity contribution is 8.00. The second kappa shape index (κ2) is 9.35. The Hall–Kier alpha value is -3.20. The number of carbonyl (C=O) groups is 1. The molecule has 0 spiro atoms. The lowest BCUT2D eigenvalue weighted by Gasteiger charge is -2.13. The largest absolute Gasteiger partial charge is 0.496 e. The first-order valence-electron chi connectivity index (χ1n) is 10.2. The van der Waals surface area contributed by atoms with Crippen LogP contribution in [0.4, 0.5) is 5.69 Å². The van der Waals surface area contributed by atoms with Gasteiger partial charge in [0.2, 0.25) is 0 Å². The smallest absolute Gasteiger partial charge is 0.281 e. The average Bonchev–Trinajstić information content (AvgIpc) is 3.38. The number of aromatic nitrogens is 1. The van der Waals surface area contributed by atoms with Crippen molar-refractivity contribution in [1.29, 1.82) is 0 Å². The third-order valence-corrected chi connectivity index (χ3v) is 7.65. The van der Waals surface area contributed by atoms with E-state index in [1.54, 1.807) is 30.2 Å². The Bertz CT molecular complexity index is 1350. The molecule has 1 aliphatic rings. The molecule has 4 aromatic rings. The van der Waals surface area contributed by atoms with Crippen LogP contribution in [-0.2, 0) is 10.5 Å². The molecule has 0 bridgehead atoms. The van der Waals surface area contributed by atoms with Crippen molar-refractivity contribution in [3.63, 3.8) is 0 Å². The Morgan fingerprint density at radius 1 is 1.12 bits per heavy atom. The zero-order valence-electron chi connectivity index (χ0n) is 17.6. The summed E-state index contributed by atoms with van der Waals surface area (Å²) in [5.74, 6) is 1.33. The molecule has 1 N–H and O–H groups in total. The van der Waals surface area contributed by atoms with Crippen LogP contribution in [0, 0.1) is 0 Å². The van der Waals surface area contributed by atoms with Crippen LogP contribution in [0.25, 0.3) is 16.3 Å². The number of methoxy groups -OCH3 is 1. The zero-order valence-corrected chi connectivity index (χ0v) is 20.1. The minimum Gasteiger partial charge on any atom is -0.496 e. The molecule has 1 saturated heterocycles. The Morgan fingerprint density at radius 2 is 1.91 bits per heavy atom. The number of hydrogen-bond donors (Lipinski definition) is 1. The van der Waals surface area contributed by atoms with Crippen LogP contribution >= 0.6 is 35.3 Å². The average molecular weight is 490 g/mol. The van der Waals surface area contributed by atoms with Gasteiger partial charge < -0.3 is 10.1 Å². The van der Waals surface area contributed by atoms with Gasteiger partial charge >= 0.3 is 0 Å². The number of anilines is 1. The summed E-state index contributed by atoms with van der Waals surface area (Å²) in [7, 11) is 1.66. The third-order valence-electron chi connectivity index (χ3n) is 5.13. The number of rotatable bonds is 6. The van der Waals surface area contributed by atoms with Crippen LogP contribution in [0.1, 0.15) is 11.1 Å². The molecule has 0 saturated carbocycles. The number of carbonyl (C=O) groups excluding carboxylic acids is 1. The third kappa shape index (κ3) is 4.50. The van der Waals surface area contributed by atoms with Gasteiger partial charge in [-0.15, -0.1) is 11.3 Å². The molecule has 8 heteroatoms. The molecule has 5 nitrogen and oxygen atoms in total. The van der Waals surface area contributed by atoms with E-state index in [0.717, 1.165) is 32.4 Å². The zero-order chi connectivity index (χ0) is 22.8. The molecule has 1 aliphatic heterocycles. The number of thiocarbonyl (C=S) groups is 1. The first kappa shape index (κ1) is 21.6. The minimum atomic E-state index is -0.174. The Morgan fingerprint density at radius 3 is 2.70 bits per heavy atom. The van der Waals surface area contributed by atoms with Crippen LogP contribution < -0.4 is 15.0 Å². The maximum atomic E-state index is 13.0. The molecule has 0 radical (unpaired) electrons. The lowest BCUT2D eigenvalue weighted by atomic mass is 10.1. The van der Waals surface area contributed by atoms with E-state index in [1.807, 2.05) is 72.8 Å². The summed E-state index contributed by atoms with van der Waals surface area (Å²) in [6.07, 6.45) is 1.82. The highest BCUT2D eigenvalue weighted by Crippen LogP contribution is 2.34. The van der Waals surface area contributed by atoms with Crippen molar-refractivity contribution in [2.24, 2.45) is 0 Å². The monoisotopic (exact) mass is 489 g/mol. The van der Waals surface area contributed by atoms with Crippen LogP contribution in [0.5, 0.6) is 5.75 Å². The first-order chi connectivity index (χ1) is 16.1. The predicted octanol–water partition coefficient (Wildman–Crippen LogP) is 5.86. The standard InChI is InChI=1S/C25H19N3O2S3/c1-30-21-12-11-16(13-17(21)15-32-25-27-19-9-5-6-10-22(19)33-25)14-20-23(29)28(24(31)26-20)18-7-3-2-4-8-18/h2-14H,15H2,1H3,(H,26,31)/b20-14-. The van der Waals surface area contributed by atoms with E-state index in [-0.39, 0.29) is 5.91 Å². The molecule has 0 unspecified atom stereocenters. The van der Waals surface area contributed by atoms with E-state index in [4.69, 9.17) is 21.9 Å². The van der Waals surface area contributed by atoms with Crippen molar-refractivity contribution in [2.75, 3.05) is 12.0 Å². The Labute approximate surface area is 205 Å². The van der Waals surface area contributed by atoms with Crippen LogP contribution in [0.3, 0.4) is 0 Å². The van der Waals surface area contributed by atoms with E-state index in [9.17, 15) is 4.79 Å². The number of ether oxygens (including phenoxy) is 1. The molecule has 3 aromatic carbocycles. The summed E-state index contributed by atoms with van der Waals surface area (Å²) in [6, 6.07) is 23.4. The number of fused-ring (bicyclic) bond motifs is 1. The summed E-state index contributed by atoms with van der Waals surface area (Å²) >= 11 is 8.76. The lowest BCUT2D eigenvalue weighted by molar-refractivity contribution is -0.113. The van der Waals surface area contributed by atoms with E-state index >= 15 is 0 Å². The van der Waals surface area contributed by atoms with E-state index in [1.165, 1.54) is 9.60 Å². The highest BCUT2D eigenvalue weighted by Gasteiger charge is 2.31. The van der Waals surface area contributed by atoms with Gasteiger partial charge in [-0.2, -0.15) is 0 Å². The van der Waals surface area contributed by atoms with E-state index in [0.29, 0.717) is 16.6 Å². The van der Waals surface area contributed by atoms with Gasteiger partial charge in [0.1, 0.15) is 11.4 Å². The molecule has 2 heterocycles. The molecule has 1 aromatic heterocycles. The highest BCUT2D eigenvalue weighted by atomic mass is 32.2. The number of nitrogens with one attached hydrogen (secondary N) is 1. The van der Waals surface area contributed by atoms with E-state index < -0.39 is 0 Å². The maximum Gasteiger partial charge on any atom is 0.281 e. The molecular formula is C25H19N3O2S3. The van der Waals surface area contributed by atoms with Crippen molar-refractivity contribution in [3.05, 3.63) is 89.6 Å². The molecule has 1 fully saturated rings. The molecule has 0 atom stereocenters. The molecule has 5 rings (SSSR count). The topological polar surface area (TPSA) is 54.5 Å². The second-order valence-corrected chi connectivity index (χ2v) is 9.91. The SMILES string of the molecule is COc1ccc(/C=C2\NC(=S)N(c3ccccc3)C2=O)cc1CSc1nc2ccccc2s1. The number of hydrogen-bond acceptors (Lipinski definition) is 6. The fourth-order valence-corrected chi connectivity index (χ4v) is 5.91. The van der Waals surface area contributed by atoms with Gasteiger partial charge in [-0.3, -0.25) is 9.69 Å². The summed E-state index contributed by atoms with van der Waals surface area (Å²) in [5, 5.41) is 3.42. The fourth-order valence-electron chi connectivity index (χ4n) is 3.57. The molecule has 33 heavy (non-hydrogen) atoms. The Balaban J connectivity index is 1.38. The number of benzene rings is 3. The Kier molecular flexibility index (Phi) is 6.13. The van der Waals surface area contributed by atoms with Crippen molar-refractivity contribution in [2.45, 2.75) is 10.1 Å². The lowest BCUT2D eigenvalue weighted by Crippen LogP contribution is -2.30. The normalized spacial score (nSPS) is 14.8. The van der Waals surface area contributed by atoms with Crippen molar-refractivity contribution in [3.8, 4) is 5.75 Å². The van der Waals surface area contributed by atoms with Gasteiger partial charge in [0.15, 0.2) is 9.45 Å². The summed E-state index contributed by atoms with van der Waals surface area (Å²) in [5.41, 5.74) is 4.12. The summed E-state index contributed by atoms with van der Waals surface area (Å²) < 4.78 is 7.76. The van der Waals surface area contributed by atoms with Gasteiger partial charge in [0, 0.05) is 11.3 Å². The summed E-state index contributed by atoms with van der Waals surface area (Å²) in [4.78, 5) is 19.2. The number of amides is 1. The molecule has 0 aliphatic carbocycles. The fraction of sp³-hybridized carbons (Fsp3) is 0.0800. The number of thiazole rings is 1. The van der Waals surface area contributed by atoms with Gasteiger partial charge in [0.25, 0.3) is 5.91 Å². The minimum absolute atomic E-state index is 0.174. The predicted molar refractivity (Wildman–Crippen MR) is 140 cm³/mol. The van der Waals surface area contributed by atoms with Crippen molar-refractivity contribution < 1.29 is 9.53 Å².